The van der Waals surface area contributed by atoms with E-state index in [-0.39, 0.29) is 17.6 Å². The summed E-state index contributed by atoms with van der Waals surface area (Å²) in [5.41, 5.74) is 4.82. The van der Waals surface area contributed by atoms with Gasteiger partial charge in [0.05, 0.1) is 11.0 Å². The number of benzene rings is 2. The number of H-pyrrole nitrogens is 1. The fourth-order valence-corrected chi connectivity index (χ4v) is 4.77. The van der Waals surface area contributed by atoms with E-state index in [0.717, 1.165) is 31.3 Å². The number of aromatic amines is 1. The van der Waals surface area contributed by atoms with Crippen molar-refractivity contribution in [3.63, 3.8) is 0 Å². The first-order valence-electron chi connectivity index (χ1n) is 9.21. The molecule has 132 valence electrons. The molecule has 0 unspecified atom stereocenters. The molecule has 0 bridgehead atoms. The Bertz CT molecular complexity index is 1080. The Balaban J connectivity index is 1.50. The molecular formula is C21H21N3O2. The molecule has 1 saturated heterocycles. The number of rotatable bonds is 1. The SMILES string of the molecule is Cn1c(=O)[nH]c2cc(C(=O)N3CCC[C@@H]4c5ccccc5C[C@@H]43)ccc21. The summed E-state index contributed by atoms with van der Waals surface area (Å²) in [6.07, 6.45) is 3.12. The van der Waals surface area contributed by atoms with Gasteiger partial charge in [-0.2, -0.15) is 0 Å². The number of nitrogens with one attached hydrogen (secondary N) is 1. The molecule has 5 nitrogen and oxygen atoms in total. The molecule has 2 heterocycles. The van der Waals surface area contributed by atoms with Gasteiger partial charge in [-0.05, 0) is 48.6 Å². The number of imidazole rings is 1. The van der Waals surface area contributed by atoms with Crippen LogP contribution in [-0.4, -0.2) is 32.9 Å². The zero-order valence-electron chi connectivity index (χ0n) is 14.7. The van der Waals surface area contributed by atoms with Crippen LogP contribution in [0.3, 0.4) is 0 Å². The lowest BCUT2D eigenvalue weighted by atomic mass is 9.88. The molecule has 1 fully saturated rings. The molecule has 1 N–H and O–H groups in total. The van der Waals surface area contributed by atoms with Gasteiger partial charge in [0.25, 0.3) is 5.91 Å². The average molecular weight is 347 g/mol. The minimum absolute atomic E-state index is 0.0686. The largest absolute Gasteiger partial charge is 0.335 e. The minimum atomic E-state index is -0.158. The number of fused-ring (bicyclic) bond motifs is 4. The number of amides is 1. The number of carbonyl (C=O) groups is 1. The number of hydrogen-bond acceptors (Lipinski definition) is 2. The van der Waals surface area contributed by atoms with Gasteiger partial charge in [0, 0.05) is 31.1 Å². The zero-order chi connectivity index (χ0) is 17.8. The van der Waals surface area contributed by atoms with Crippen LogP contribution in [0.25, 0.3) is 11.0 Å². The minimum Gasteiger partial charge on any atom is -0.335 e. The Morgan fingerprint density at radius 2 is 2.04 bits per heavy atom. The van der Waals surface area contributed by atoms with Crippen LogP contribution >= 0.6 is 0 Å². The molecule has 2 aromatic carbocycles. The zero-order valence-corrected chi connectivity index (χ0v) is 14.7. The fourth-order valence-electron chi connectivity index (χ4n) is 4.77. The van der Waals surface area contributed by atoms with Crippen LogP contribution in [0.4, 0.5) is 0 Å². The molecule has 5 heteroatoms. The third-order valence-corrected chi connectivity index (χ3v) is 6.07. The predicted molar refractivity (Wildman–Crippen MR) is 100 cm³/mol. The quantitative estimate of drug-likeness (QED) is 0.736. The van der Waals surface area contributed by atoms with Gasteiger partial charge in [-0.1, -0.05) is 24.3 Å². The molecule has 26 heavy (non-hydrogen) atoms. The topological polar surface area (TPSA) is 58.1 Å². The maximum atomic E-state index is 13.3. The molecule has 1 amide bonds. The Kier molecular flexibility index (Phi) is 3.32. The van der Waals surface area contributed by atoms with Crippen LogP contribution in [0.5, 0.6) is 0 Å². The highest BCUT2D eigenvalue weighted by atomic mass is 16.2. The van der Waals surface area contributed by atoms with Crippen molar-refractivity contribution in [3.8, 4) is 0 Å². The highest BCUT2D eigenvalue weighted by Crippen LogP contribution is 2.42. The summed E-state index contributed by atoms with van der Waals surface area (Å²) in [7, 11) is 1.73. The van der Waals surface area contributed by atoms with Gasteiger partial charge in [-0.25, -0.2) is 4.79 Å². The van der Waals surface area contributed by atoms with Crippen LogP contribution in [0, 0.1) is 0 Å². The first-order chi connectivity index (χ1) is 12.6. The van der Waals surface area contributed by atoms with Gasteiger partial charge in [-0.15, -0.1) is 0 Å². The molecule has 1 aromatic heterocycles. The monoisotopic (exact) mass is 347 g/mol. The normalized spacial score (nSPS) is 21.7. The number of aromatic nitrogens is 2. The Labute approximate surface area is 151 Å². The summed E-state index contributed by atoms with van der Waals surface area (Å²) in [5.74, 6) is 0.517. The number of nitrogens with zero attached hydrogens (tertiary/aromatic N) is 2. The van der Waals surface area contributed by atoms with Gasteiger partial charge in [-0.3, -0.25) is 9.36 Å². The fraction of sp³-hybridized carbons (Fsp3) is 0.333. The summed E-state index contributed by atoms with van der Waals surface area (Å²) in [4.78, 5) is 29.9. The molecule has 2 atom stereocenters. The van der Waals surface area contributed by atoms with E-state index in [2.05, 4.69) is 34.1 Å². The number of piperidine rings is 1. The number of carbonyl (C=O) groups excluding carboxylic acids is 1. The van der Waals surface area contributed by atoms with Crippen molar-refractivity contribution in [3.05, 3.63) is 69.6 Å². The van der Waals surface area contributed by atoms with E-state index in [1.807, 2.05) is 18.2 Å². The first-order valence-corrected chi connectivity index (χ1v) is 9.21. The van der Waals surface area contributed by atoms with Crippen LogP contribution in [0.15, 0.2) is 47.3 Å². The van der Waals surface area contributed by atoms with Crippen molar-refractivity contribution in [2.45, 2.75) is 31.2 Å². The Morgan fingerprint density at radius 3 is 2.92 bits per heavy atom. The lowest BCUT2D eigenvalue weighted by Crippen LogP contribution is -2.46. The second-order valence-corrected chi connectivity index (χ2v) is 7.44. The Hall–Kier alpha value is -2.82. The summed E-state index contributed by atoms with van der Waals surface area (Å²) >= 11 is 0. The molecule has 0 radical (unpaired) electrons. The number of likely N-dealkylation sites (tertiary alicyclic amines) is 1. The van der Waals surface area contributed by atoms with Gasteiger partial charge in [0.1, 0.15) is 0 Å². The van der Waals surface area contributed by atoms with Crippen LogP contribution in [0.2, 0.25) is 0 Å². The molecular weight excluding hydrogens is 326 g/mol. The molecule has 1 aliphatic carbocycles. The van der Waals surface area contributed by atoms with Crippen LogP contribution in [-0.2, 0) is 13.5 Å². The lowest BCUT2D eigenvalue weighted by molar-refractivity contribution is 0.0595. The third kappa shape index (κ3) is 2.16. The standard InChI is InChI=1S/C21H21N3O2/c1-23-18-9-8-14(11-17(18)22-21(23)26)20(25)24-10-4-7-16-15-6-3-2-5-13(15)12-19(16)24/h2-3,5-6,8-9,11,16,19H,4,7,10,12H2,1H3,(H,22,26)/t16-,19+/m1/s1. The Morgan fingerprint density at radius 1 is 1.19 bits per heavy atom. The summed E-state index contributed by atoms with van der Waals surface area (Å²) in [6, 6.07) is 14.3. The number of aryl methyl sites for hydroxylation is 1. The van der Waals surface area contributed by atoms with E-state index < -0.39 is 0 Å². The summed E-state index contributed by atoms with van der Waals surface area (Å²) < 4.78 is 1.56. The van der Waals surface area contributed by atoms with E-state index in [9.17, 15) is 9.59 Å². The van der Waals surface area contributed by atoms with Crippen molar-refractivity contribution >= 4 is 16.9 Å². The van der Waals surface area contributed by atoms with Crippen molar-refractivity contribution in [2.24, 2.45) is 7.05 Å². The molecule has 2 aliphatic rings. The van der Waals surface area contributed by atoms with Gasteiger partial charge < -0.3 is 9.88 Å². The van der Waals surface area contributed by atoms with Crippen molar-refractivity contribution in [1.82, 2.24) is 14.5 Å². The van der Waals surface area contributed by atoms with Gasteiger partial charge in [0.2, 0.25) is 0 Å². The second kappa shape index (κ2) is 5.59. The van der Waals surface area contributed by atoms with E-state index in [1.54, 1.807) is 11.6 Å². The van der Waals surface area contributed by atoms with E-state index in [1.165, 1.54) is 11.1 Å². The summed E-state index contributed by atoms with van der Waals surface area (Å²) in [6.45, 7) is 0.803. The highest BCUT2D eigenvalue weighted by molar-refractivity contribution is 5.97. The third-order valence-electron chi connectivity index (χ3n) is 6.07. The molecule has 0 saturated carbocycles. The summed E-state index contributed by atoms with van der Waals surface area (Å²) in [5, 5.41) is 0. The van der Waals surface area contributed by atoms with E-state index >= 15 is 0 Å². The maximum absolute atomic E-state index is 13.3. The van der Waals surface area contributed by atoms with Crippen LogP contribution in [0.1, 0.15) is 40.2 Å². The second-order valence-electron chi connectivity index (χ2n) is 7.44. The lowest BCUT2D eigenvalue weighted by Gasteiger charge is -2.38. The predicted octanol–water partition coefficient (Wildman–Crippen LogP) is 2.81. The molecule has 5 rings (SSSR count). The van der Waals surface area contributed by atoms with Crippen molar-refractivity contribution in [2.75, 3.05) is 6.54 Å². The molecule has 3 aromatic rings. The van der Waals surface area contributed by atoms with Gasteiger partial charge >= 0.3 is 5.69 Å². The van der Waals surface area contributed by atoms with Crippen molar-refractivity contribution in [1.29, 1.82) is 0 Å². The average Bonchev–Trinajstić information content (AvgIpc) is 3.18. The molecule has 0 spiro atoms. The first kappa shape index (κ1) is 15.4. The van der Waals surface area contributed by atoms with E-state index in [4.69, 9.17) is 0 Å². The maximum Gasteiger partial charge on any atom is 0.326 e. The van der Waals surface area contributed by atoms with Crippen molar-refractivity contribution < 1.29 is 4.79 Å². The number of hydrogen-bond donors (Lipinski definition) is 1. The van der Waals surface area contributed by atoms with Gasteiger partial charge in [0.15, 0.2) is 0 Å². The highest BCUT2D eigenvalue weighted by Gasteiger charge is 2.40. The van der Waals surface area contributed by atoms with Crippen LogP contribution < -0.4 is 5.69 Å². The van der Waals surface area contributed by atoms with E-state index in [0.29, 0.717) is 17.0 Å². The smallest absolute Gasteiger partial charge is 0.326 e. The molecule has 1 aliphatic heterocycles.